The fourth-order valence-electron chi connectivity index (χ4n) is 2.51. The summed E-state index contributed by atoms with van der Waals surface area (Å²) in [6, 6.07) is 7.61. The number of benzene rings is 1. The molecule has 1 aromatic carbocycles. The molecule has 0 spiro atoms. The Bertz CT molecular complexity index is 942. The summed E-state index contributed by atoms with van der Waals surface area (Å²) in [6.07, 6.45) is 2.54. The summed E-state index contributed by atoms with van der Waals surface area (Å²) in [7, 11) is 0. The summed E-state index contributed by atoms with van der Waals surface area (Å²) >= 11 is 13.4. The lowest BCUT2D eigenvalue weighted by molar-refractivity contribution is -0.113. The number of aryl methyl sites for hydroxylation is 2. The fourth-order valence-corrected chi connectivity index (χ4v) is 3.73. The van der Waals surface area contributed by atoms with Crippen LogP contribution >= 0.6 is 35.0 Å². The van der Waals surface area contributed by atoms with Crippen molar-refractivity contribution in [1.82, 2.24) is 14.6 Å². The second-order valence-corrected chi connectivity index (χ2v) is 7.27. The molecule has 2 aromatic heterocycles. The van der Waals surface area contributed by atoms with Gasteiger partial charge in [0.15, 0.2) is 10.8 Å². The standard InChI is InChI=1S/C17H16Cl2N4OS/c1-3-11-6-4-5-10(2)15(11)20-14(24)9-25-17-22-21-16-13(19)7-12(18)8-23(16)17/h4-8H,3,9H2,1-2H3,(H,20,24). The molecule has 0 saturated heterocycles. The van der Waals surface area contributed by atoms with E-state index in [9.17, 15) is 4.79 Å². The van der Waals surface area contributed by atoms with E-state index in [0.717, 1.165) is 23.2 Å². The third kappa shape index (κ3) is 3.92. The number of hydrogen-bond donors (Lipinski definition) is 1. The number of pyridine rings is 1. The summed E-state index contributed by atoms with van der Waals surface area (Å²) in [5.74, 6) is 0.112. The molecule has 0 saturated carbocycles. The molecule has 3 aromatic rings. The van der Waals surface area contributed by atoms with Crippen LogP contribution in [0.25, 0.3) is 5.65 Å². The van der Waals surface area contributed by atoms with Crippen LogP contribution in [0, 0.1) is 6.92 Å². The zero-order valence-electron chi connectivity index (χ0n) is 13.7. The Morgan fingerprint density at radius 1 is 1.32 bits per heavy atom. The fraction of sp³-hybridized carbons (Fsp3) is 0.235. The lowest BCUT2D eigenvalue weighted by Crippen LogP contribution is -2.16. The summed E-state index contributed by atoms with van der Waals surface area (Å²) in [5.41, 5.74) is 3.56. The van der Waals surface area contributed by atoms with Crippen molar-refractivity contribution in [2.75, 3.05) is 11.1 Å². The highest BCUT2D eigenvalue weighted by Gasteiger charge is 2.14. The molecular weight excluding hydrogens is 379 g/mol. The van der Waals surface area contributed by atoms with Gasteiger partial charge in [-0.25, -0.2) is 0 Å². The van der Waals surface area contributed by atoms with Gasteiger partial charge in [0, 0.05) is 11.9 Å². The van der Waals surface area contributed by atoms with Crippen LogP contribution in [0.1, 0.15) is 18.1 Å². The highest BCUT2D eigenvalue weighted by atomic mass is 35.5. The first-order chi connectivity index (χ1) is 12.0. The predicted molar refractivity (Wildman–Crippen MR) is 103 cm³/mol. The lowest BCUT2D eigenvalue weighted by atomic mass is 10.1. The third-order valence-electron chi connectivity index (χ3n) is 3.73. The topological polar surface area (TPSA) is 59.3 Å². The molecule has 5 nitrogen and oxygen atoms in total. The molecule has 0 radical (unpaired) electrons. The van der Waals surface area contributed by atoms with Crippen molar-refractivity contribution in [2.24, 2.45) is 0 Å². The number of anilines is 1. The Hall–Kier alpha value is -1.76. The van der Waals surface area contributed by atoms with Crippen LogP contribution in [-0.4, -0.2) is 26.3 Å². The molecule has 130 valence electrons. The van der Waals surface area contributed by atoms with Gasteiger partial charge in [-0.15, -0.1) is 10.2 Å². The Balaban J connectivity index is 1.73. The Kier molecular flexibility index (Phi) is 5.51. The minimum atomic E-state index is -0.0983. The molecule has 0 fully saturated rings. The molecule has 0 aliphatic rings. The number of carbonyl (C=O) groups is 1. The van der Waals surface area contributed by atoms with Gasteiger partial charge in [0.2, 0.25) is 5.91 Å². The summed E-state index contributed by atoms with van der Waals surface area (Å²) in [4.78, 5) is 12.4. The van der Waals surface area contributed by atoms with Crippen molar-refractivity contribution in [3.63, 3.8) is 0 Å². The highest BCUT2D eigenvalue weighted by Crippen LogP contribution is 2.26. The predicted octanol–water partition coefficient (Wildman–Crippen LogP) is 4.64. The Morgan fingerprint density at radius 2 is 2.12 bits per heavy atom. The number of para-hydroxylation sites is 1. The molecule has 3 rings (SSSR count). The normalized spacial score (nSPS) is 11.0. The van der Waals surface area contributed by atoms with E-state index in [1.165, 1.54) is 11.8 Å². The van der Waals surface area contributed by atoms with Crippen molar-refractivity contribution in [3.8, 4) is 0 Å². The molecule has 1 N–H and O–H groups in total. The molecule has 8 heteroatoms. The zero-order chi connectivity index (χ0) is 18.0. The van der Waals surface area contributed by atoms with E-state index in [-0.39, 0.29) is 11.7 Å². The maximum absolute atomic E-state index is 12.4. The number of carbonyl (C=O) groups excluding carboxylic acids is 1. The lowest BCUT2D eigenvalue weighted by Gasteiger charge is -2.12. The van der Waals surface area contributed by atoms with Gasteiger partial charge in [0.05, 0.1) is 15.8 Å². The molecule has 0 unspecified atom stereocenters. The minimum absolute atomic E-state index is 0.0983. The number of thioether (sulfide) groups is 1. The van der Waals surface area contributed by atoms with E-state index in [1.54, 1.807) is 16.7 Å². The van der Waals surface area contributed by atoms with Crippen molar-refractivity contribution in [2.45, 2.75) is 25.4 Å². The first-order valence-corrected chi connectivity index (χ1v) is 9.44. The van der Waals surface area contributed by atoms with Crippen LogP contribution < -0.4 is 5.32 Å². The Labute approximate surface area is 159 Å². The van der Waals surface area contributed by atoms with Crippen LogP contribution in [0.5, 0.6) is 0 Å². The van der Waals surface area contributed by atoms with Gasteiger partial charge in [-0.05, 0) is 30.5 Å². The molecule has 0 aliphatic carbocycles. The minimum Gasteiger partial charge on any atom is -0.325 e. The maximum atomic E-state index is 12.4. The number of amides is 1. The number of nitrogens with zero attached hydrogens (tertiary/aromatic N) is 3. The smallest absolute Gasteiger partial charge is 0.234 e. The Morgan fingerprint density at radius 3 is 2.88 bits per heavy atom. The van der Waals surface area contributed by atoms with E-state index >= 15 is 0 Å². The number of aromatic nitrogens is 3. The van der Waals surface area contributed by atoms with Crippen LogP contribution in [0.15, 0.2) is 35.6 Å². The van der Waals surface area contributed by atoms with Crippen LogP contribution in [0.3, 0.4) is 0 Å². The van der Waals surface area contributed by atoms with Gasteiger partial charge in [-0.2, -0.15) is 0 Å². The average molecular weight is 395 g/mol. The van der Waals surface area contributed by atoms with Crippen molar-refractivity contribution >= 4 is 52.2 Å². The second-order valence-electron chi connectivity index (χ2n) is 5.48. The van der Waals surface area contributed by atoms with Gasteiger partial charge in [0.1, 0.15) is 0 Å². The molecule has 25 heavy (non-hydrogen) atoms. The zero-order valence-corrected chi connectivity index (χ0v) is 16.0. The molecule has 0 aliphatic heterocycles. The SMILES string of the molecule is CCc1cccc(C)c1NC(=O)CSc1nnc2c(Cl)cc(Cl)cn12. The number of fused-ring (bicyclic) bond motifs is 1. The summed E-state index contributed by atoms with van der Waals surface area (Å²) in [5, 5.41) is 12.6. The first-order valence-electron chi connectivity index (χ1n) is 7.70. The molecule has 2 heterocycles. The van der Waals surface area contributed by atoms with Crippen LogP contribution in [0.4, 0.5) is 5.69 Å². The van der Waals surface area contributed by atoms with E-state index in [2.05, 4.69) is 22.4 Å². The summed E-state index contributed by atoms with van der Waals surface area (Å²) in [6.45, 7) is 4.05. The van der Waals surface area contributed by atoms with Gasteiger partial charge >= 0.3 is 0 Å². The van der Waals surface area contributed by atoms with Gasteiger partial charge in [0.25, 0.3) is 0 Å². The second kappa shape index (κ2) is 7.64. The maximum Gasteiger partial charge on any atom is 0.234 e. The number of hydrogen-bond acceptors (Lipinski definition) is 4. The van der Waals surface area contributed by atoms with Gasteiger partial charge in [-0.1, -0.05) is 60.1 Å². The van der Waals surface area contributed by atoms with Crippen LogP contribution in [-0.2, 0) is 11.2 Å². The summed E-state index contributed by atoms with van der Waals surface area (Å²) < 4.78 is 1.69. The molecular formula is C17H16Cl2N4OS. The van der Waals surface area contributed by atoms with Crippen molar-refractivity contribution in [1.29, 1.82) is 0 Å². The molecule has 1 amide bonds. The quantitative estimate of drug-likeness (QED) is 0.640. The average Bonchev–Trinajstić information content (AvgIpc) is 2.98. The third-order valence-corrected chi connectivity index (χ3v) is 5.16. The largest absolute Gasteiger partial charge is 0.325 e. The van der Waals surface area contributed by atoms with Crippen molar-refractivity contribution < 1.29 is 4.79 Å². The number of halogens is 2. The highest BCUT2D eigenvalue weighted by molar-refractivity contribution is 7.99. The van der Waals surface area contributed by atoms with E-state index < -0.39 is 0 Å². The molecule has 0 atom stereocenters. The van der Waals surface area contributed by atoms with Crippen molar-refractivity contribution in [3.05, 3.63) is 51.6 Å². The van der Waals surface area contributed by atoms with Crippen LogP contribution in [0.2, 0.25) is 10.0 Å². The van der Waals surface area contributed by atoms with E-state index in [1.807, 2.05) is 25.1 Å². The van der Waals surface area contributed by atoms with E-state index in [4.69, 9.17) is 23.2 Å². The monoisotopic (exact) mass is 394 g/mol. The number of nitrogens with one attached hydrogen (secondary N) is 1. The van der Waals surface area contributed by atoms with Gasteiger partial charge < -0.3 is 5.32 Å². The van der Waals surface area contributed by atoms with E-state index in [0.29, 0.717) is 20.8 Å². The number of rotatable bonds is 5. The first kappa shape index (κ1) is 18.0. The molecule has 0 bridgehead atoms. The van der Waals surface area contributed by atoms with Gasteiger partial charge in [-0.3, -0.25) is 9.20 Å².